The summed E-state index contributed by atoms with van der Waals surface area (Å²) in [5, 5.41) is 4.38. The second kappa shape index (κ2) is 7.55. The molecule has 0 aromatic heterocycles. The summed E-state index contributed by atoms with van der Waals surface area (Å²) in [4.78, 5) is 0. The Kier molecular flexibility index (Phi) is 5.48. The lowest BCUT2D eigenvalue weighted by Crippen LogP contribution is -2.23. The Balaban J connectivity index is 1.68. The van der Waals surface area contributed by atoms with Crippen molar-refractivity contribution < 1.29 is 4.74 Å². The third kappa shape index (κ3) is 3.75. The zero-order valence-electron chi connectivity index (χ0n) is 13.1. The first-order valence-corrected chi connectivity index (χ1v) is 9.47. The van der Waals surface area contributed by atoms with Crippen LogP contribution in [0, 0.1) is 0 Å². The van der Waals surface area contributed by atoms with Crippen molar-refractivity contribution in [1.82, 2.24) is 5.32 Å². The van der Waals surface area contributed by atoms with E-state index >= 15 is 0 Å². The summed E-state index contributed by atoms with van der Waals surface area (Å²) in [5.41, 5.74) is 2.75. The highest BCUT2D eigenvalue weighted by Crippen LogP contribution is 2.36. The summed E-state index contributed by atoms with van der Waals surface area (Å²) in [6.07, 6.45) is 9.41. The first kappa shape index (κ1) is 15.2. The number of rotatable bonds is 5. The number of para-hydroxylation sites is 1. The van der Waals surface area contributed by atoms with Crippen molar-refractivity contribution >= 4 is 11.8 Å². The third-order valence-electron chi connectivity index (χ3n) is 4.74. The minimum Gasteiger partial charge on any atom is -0.493 e. The summed E-state index contributed by atoms with van der Waals surface area (Å²) in [6.45, 7) is 0.871. The maximum Gasteiger partial charge on any atom is 0.127 e. The van der Waals surface area contributed by atoms with Crippen molar-refractivity contribution in [3.8, 4) is 5.75 Å². The van der Waals surface area contributed by atoms with Gasteiger partial charge in [0.15, 0.2) is 0 Å². The Morgan fingerprint density at radius 3 is 2.90 bits per heavy atom. The van der Waals surface area contributed by atoms with E-state index in [9.17, 15) is 0 Å². The van der Waals surface area contributed by atoms with Gasteiger partial charge >= 0.3 is 0 Å². The molecule has 1 heterocycles. The van der Waals surface area contributed by atoms with E-state index in [0.717, 1.165) is 36.2 Å². The van der Waals surface area contributed by atoms with Gasteiger partial charge in [-0.05, 0) is 38.3 Å². The quantitative estimate of drug-likeness (QED) is 0.874. The highest BCUT2D eigenvalue weighted by atomic mass is 32.2. The number of benzene rings is 1. The third-order valence-corrected chi connectivity index (χ3v) is 6.21. The molecule has 116 valence electrons. The zero-order chi connectivity index (χ0) is 14.5. The molecular weight excluding hydrogens is 278 g/mol. The van der Waals surface area contributed by atoms with Gasteiger partial charge in [-0.25, -0.2) is 0 Å². The van der Waals surface area contributed by atoms with Gasteiger partial charge in [0.25, 0.3) is 0 Å². The average Bonchev–Trinajstić information content (AvgIpc) is 2.56. The molecule has 1 atom stereocenters. The Hall–Kier alpha value is -0.670. The maximum absolute atomic E-state index is 5.98. The molecule has 2 nitrogen and oxygen atoms in total. The number of fused-ring (bicyclic) bond motifs is 1. The molecular formula is C18H27NOS. The predicted octanol–water partition coefficient (Wildman–Crippen LogP) is 4.34. The number of aryl methyl sites for hydroxylation is 1. The molecule has 0 amide bonds. The van der Waals surface area contributed by atoms with Crippen molar-refractivity contribution in [2.24, 2.45) is 0 Å². The second-order valence-electron chi connectivity index (χ2n) is 6.22. The molecule has 1 aliphatic carbocycles. The molecule has 1 fully saturated rings. The lowest BCUT2D eigenvalue weighted by molar-refractivity contribution is 0.283. The lowest BCUT2D eigenvalue weighted by Gasteiger charge is -2.27. The first-order valence-electron chi connectivity index (χ1n) is 8.42. The molecule has 1 saturated carbocycles. The van der Waals surface area contributed by atoms with Crippen LogP contribution in [-0.2, 0) is 6.42 Å². The molecule has 1 aromatic rings. The van der Waals surface area contributed by atoms with E-state index < -0.39 is 0 Å². The van der Waals surface area contributed by atoms with Crippen LogP contribution in [0.5, 0.6) is 5.75 Å². The Labute approximate surface area is 133 Å². The SMILES string of the molecule is CNC(CSC1CCCCC1)c1cccc2c1OCCC2. The number of hydrogen-bond donors (Lipinski definition) is 1. The van der Waals surface area contributed by atoms with E-state index in [0.29, 0.717) is 6.04 Å². The highest BCUT2D eigenvalue weighted by molar-refractivity contribution is 7.99. The number of hydrogen-bond acceptors (Lipinski definition) is 3. The summed E-state index contributed by atoms with van der Waals surface area (Å²) < 4.78 is 5.98. The summed E-state index contributed by atoms with van der Waals surface area (Å²) in [5.74, 6) is 2.31. The van der Waals surface area contributed by atoms with Gasteiger partial charge < -0.3 is 10.1 Å². The molecule has 0 saturated heterocycles. The first-order chi connectivity index (χ1) is 10.4. The van der Waals surface area contributed by atoms with Crippen LogP contribution in [-0.4, -0.2) is 24.7 Å². The van der Waals surface area contributed by atoms with E-state index in [4.69, 9.17) is 4.74 Å². The average molecular weight is 305 g/mol. The molecule has 3 rings (SSSR count). The smallest absolute Gasteiger partial charge is 0.127 e. The van der Waals surface area contributed by atoms with Crippen molar-refractivity contribution in [2.45, 2.75) is 56.2 Å². The summed E-state index contributed by atoms with van der Waals surface area (Å²) >= 11 is 2.16. The van der Waals surface area contributed by atoms with Crippen molar-refractivity contribution in [3.63, 3.8) is 0 Å². The van der Waals surface area contributed by atoms with Crippen molar-refractivity contribution in [1.29, 1.82) is 0 Å². The van der Waals surface area contributed by atoms with Crippen LogP contribution >= 0.6 is 11.8 Å². The molecule has 3 heteroatoms. The fourth-order valence-electron chi connectivity index (χ4n) is 3.48. The van der Waals surface area contributed by atoms with Gasteiger partial charge in [-0.1, -0.05) is 37.5 Å². The van der Waals surface area contributed by atoms with Crippen molar-refractivity contribution in [2.75, 3.05) is 19.4 Å². The number of nitrogens with one attached hydrogen (secondary N) is 1. The molecule has 1 aliphatic heterocycles. The Morgan fingerprint density at radius 2 is 2.10 bits per heavy atom. The topological polar surface area (TPSA) is 21.3 Å². The van der Waals surface area contributed by atoms with Gasteiger partial charge in [0.05, 0.1) is 6.61 Å². The van der Waals surface area contributed by atoms with Crippen LogP contribution in [0.4, 0.5) is 0 Å². The van der Waals surface area contributed by atoms with E-state index in [-0.39, 0.29) is 0 Å². The minimum atomic E-state index is 0.407. The standard InChI is InChI=1S/C18H27NOS/c1-19-17(13-21-15-9-3-2-4-10-15)16-11-5-7-14-8-6-12-20-18(14)16/h5,7,11,15,17,19H,2-4,6,8-10,12-13H2,1H3. The van der Waals surface area contributed by atoms with Gasteiger partial charge in [-0.3, -0.25) is 0 Å². The number of thioether (sulfide) groups is 1. The normalized spacial score (nSPS) is 20.6. The molecule has 1 N–H and O–H groups in total. The predicted molar refractivity (Wildman–Crippen MR) is 91.4 cm³/mol. The van der Waals surface area contributed by atoms with Crippen molar-refractivity contribution in [3.05, 3.63) is 29.3 Å². The molecule has 21 heavy (non-hydrogen) atoms. The van der Waals surface area contributed by atoms with E-state index in [2.05, 4.69) is 42.3 Å². The van der Waals surface area contributed by atoms with Crippen LogP contribution in [0.3, 0.4) is 0 Å². The largest absolute Gasteiger partial charge is 0.493 e. The molecule has 0 bridgehead atoms. The highest BCUT2D eigenvalue weighted by Gasteiger charge is 2.22. The lowest BCUT2D eigenvalue weighted by atomic mass is 9.99. The van der Waals surface area contributed by atoms with Crippen LogP contribution in [0.15, 0.2) is 18.2 Å². The van der Waals surface area contributed by atoms with E-state index in [1.165, 1.54) is 43.2 Å². The minimum absolute atomic E-state index is 0.407. The fraction of sp³-hybridized carbons (Fsp3) is 0.667. The van der Waals surface area contributed by atoms with Gasteiger partial charge in [0.2, 0.25) is 0 Å². The van der Waals surface area contributed by atoms with Crippen LogP contribution < -0.4 is 10.1 Å². The zero-order valence-corrected chi connectivity index (χ0v) is 13.9. The number of ether oxygens (including phenoxy) is 1. The van der Waals surface area contributed by atoms with E-state index in [1.807, 2.05) is 0 Å². The summed E-state index contributed by atoms with van der Waals surface area (Å²) in [7, 11) is 2.08. The Bertz CT molecular complexity index is 457. The van der Waals surface area contributed by atoms with E-state index in [1.54, 1.807) is 0 Å². The van der Waals surface area contributed by atoms with Gasteiger partial charge in [-0.2, -0.15) is 11.8 Å². The van der Waals surface area contributed by atoms with Crippen LogP contribution in [0.25, 0.3) is 0 Å². The van der Waals surface area contributed by atoms with Gasteiger partial charge in [0.1, 0.15) is 5.75 Å². The summed E-state index contributed by atoms with van der Waals surface area (Å²) in [6, 6.07) is 7.06. The molecule has 0 spiro atoms. The Morgan fingerprint density at radius 1 is 1.24 bits per heavy atom. The van der Waals surface area contributed by atoms with Gasteiger partial charge in [0, 0.05) is 22.6 Å². The molecule has 1 unspecified atom stereocenters. The maximum atomic E-state index is 5.98. The molecule has 1 aromatic carbocycles. The van der Waals surface area contributed by atoms with Crippen LogP contribution in [0.2, 0.25) is 0 Å². The monoisotopic (exact) mass is 305 g/mol. The fourth-order valence-corrected chi connectivity index (χ4v) is 4.96. The van der Waals surface area contributed by atoms with Crippen LogP contribution in [0.1, 0.15) is 55.7 Å². The molecule has 2 aliphatic rings. The second-order valence-corrected chi connectivity index (χ2v) is 7.56. The molecule has 0 radical (unpaired) electrons. The van der Waals surface area contributed by atoms with Gasteiger partial charge in [-0.15, -0.1) is 0 Å².